The molecule has 2 aromatic heterocycles. The number of anilines is 2. The second kappa shape index (κ2) is 9.62. The lowest BCUT2D eigenvalue weighted by atomic mass is 9.94. The number of aliphatic hydroxyl groups excluding tert-OH is 1. The molecule has 2 aromatic rings. The van der Waals surface area contributed by atoms with Crippen molar-refractivity contribution in [3.63, 3.8) is 0 Å². The molecule has 1 saturated heterocycles. The molecule has 7 heteroatoms. The van der Waals surface area contributed by atoms with Gasteiger partial charge in [0.15, 0.2) is 0 Å². The van der Waals surface area contributed by atoms with Gasteiger partial charge in [0.25, 0.3) is 0 Å². The Hall–Kier alpha value is -2.25. The van der Waals surface area contributed by atoms with Gasteiger partial charge in [0.2, 0.25) is 0 Å². The summed E-state index contributed by atoms with van der Waals surface area (Å²) in [5.74, 6) is 2.01. The molecule has 2 N–H and O–H groups in total. The fraction of sp³-hybridized carbons (Fsp3) is 0.550. The van der Waals surface area contributed by atoms with Gasteiger partial charge >= 0.3 is 0 Å². The first-order valence-corrected chi connectivity index (χ1v) is 9.62. The number of rotatable bonds is 8. The Morgan fingerprint density at radius 2 is 2.26 bits per heavy atom. The van der Waals surface area contributed by atoms with Crippen LogP contribution in [-0.2, 0) is 11.3 Å². The average Bonchev–Trinajstić information content (AvgIpc) is 2.69. The maximum atomic E-state index is 9.47. The molecule has 0 radical (unpaired) electrons. The van der Waals surface area contributed by atoms with Crippen LogP contribution < -0.4 is 10.2 Å². The van der Waals surface area contributed by atoms with Crippen LogP contribution in [0.1, 0.15) is 32.3 Å². The predicted molar refractivity (Wildman–Crippen MR) is 106 cm³/mol. The van der Waals surface area contributed by atoms with E-state index in [1.165, 1.54) is 0 Å². The molecule has 1 fully saturated rings. The summed E-state index contributed by atoms with van der Waals surface area (Å²) in [5.41, 5.74) is 1.07. The minimum atomic E-state index is 0.0545. The van der Waals surface area contributed by atoms with Gasteiger partial charge in [0.05, 0.1) is 18.8 Å². The number of pyridine rings is 1. The predicted octanol–water partition coefficient (Wildman–Crippen LogP) is 2.49. The number of aliphatic hydroxyl groups is 1. The fourth-order valence-electron chi connectivity index (χ4n) is 3.51. The molecule has 1 aliphatic rings. The van der Waals surface area contributed by atoms with E-state index in [9.17, 15) is 5.11 Å². The Bertz CT molecular complexity index is 698. The Morgan fingerprint density at radius 1 is 1.37 bits per heavy atom. The standard InChI is InChI=1S/C20H29N5O2/c1-15(2)20-17(6-4-10-27-20)24-18-11-19(23-14-22-18)25(8-9-26)13-16-5-3-7-21-12-16/h3,5,7,11-12,14-15,17,20,26H,4,6,8-10,13H2,1-2H3,(H,22,23,24)/t17-,20-/m1/s1. The van der Waals surface area contributed by atoms with Crippen molar-refractivity contribution in [1.82, 2.24) is 15.0 Å². The molecule has 0 aromatic carbocycles. The normalized spacial score (nSPS) is 19.9. The van der Waals surface area contributed by atoms with Gasteiger partial charge < -0.3 is 20.1 Å². The summed E-state index contributed by atoms with van der Waals surface area (Å²) < 4.78 is 5.96. The van der Waals surface area contributed by atoms with E-state index >= 15 is 0 Å². The minimum Gasteiger partial charge on any atom is -0.395 e. The second-order valence-corrected chi connectivity index (χ2v) is 7.24. The number of aromatic nitrogens is 3. The zero-order chi connectivity index (χ0) is 19.1. The first-order valence-electron chi connectivity index (χ1n) is 9.62. The highest BCUT2D eigenvalue weighted by Crippen LogP contribution is 2.24. The SMILES string of the molecule is CC(C)[C@H]1OCCC[C@H]1Nc1cc(N(CCO)Cc2cccnc2)ncn1. The van der Waals surface area contributed by atoms with E-state index in [1.807, 2.05) is 29.3 Å². The van der Waals surface area contributed by atoms with E-state index in [4.69, 9.17) is 4.74 Å². The van der Waals surface area contributed by atoms with E-state index in [2.05, 4.69) is 34.1 Å². The van der Waals surface area contributed by atoms with Gasteiger partial charge in [0, 0.05) is 38.2 Å². The van der Waals surface area contributed by atoms with E-state index in [-0.39, 0.29) is 18.8 Å². The van der Waals surface area contributed by atoms with Crippen LogP contribution in [0.25, 0.3) is 0 Å². The summed E-state index contributed by atoms with van der Waals surface area (Å²) in [5, 5.41) is 13.0. The quantitative estimate of drug-likeness (QED) is 0.737. The number of hydrogen-bond acceptors (Lipinski definition) is 7. The summed E-state index contributed by atoms with van der Waals surface area (Å²) in [6, 6.07) is 6.11. The van der Waals surface area contributed by atoms with Crippen LogP contribution >= 0.6 is 0 Å². The van der Waals surface area contributed by atoms with Crippen LogP contribution in [-0.4, -0.2) is 52.0 Å². The number of hydrogen-bond donors (Lipinski definition) is 2. The topological polar surface area (TPSA) is 83.4 Å². The molecule has 7 nitrogen and oxygen atoms in total. The van der Waals surface area contributed by atoms with Gasteiger partial charge in [-0.15, -0.1) is 0 Å². The van der Waals surface area contributed by atoms with E-state index in [0.717, 1.165) is 36.6 Å². The molecule has 0 bridgehead atoms. The molecule has 0 unspecified atom stereocenters. The maximum Gasteiger partial charge on any atom is 0.134 e. The lowest BCUT2D eigenvalue weighted by molar-refractivity contribution is -0.0203. The van der Waals surface area contributed by atoms with Crippen LogP contribution in [0.3, 0.4) is 0 Å². The van der Waals surface area contributed by atoms with Crippen molar-refractivity contribution in [2.24, 2.45) is 5.92 Å². The van der Waals surface area contributed by atoms with E-state index in [1.54, 1.807) is 12.5 Å². The summed E-state index contributed by atoms with van der Waals surface area (Å²) in [6.07, 6.45) is 7.45. The Kier molecular flexibility index (Phi) is 6.95. The van der Waals surface area contributed by atoms with Gasteiger partial charge in [-0.25, -0.2) is 9.97 Å². The molecule has 146 valence electrons. The van der Waals surface area contributed by atoms with Gasteiger partial charge in [-0.3, -0.25) is 4.98 Å². The van der Waals surface area contributed by atoms with Crippen molar-refractivity contribution in [3.05, 3.63) is 42.5 Å². The molecule has 1 aliphatic heterocycles. The number of nitrogens with zero attached hydrogens (tertiary/aromatic N) is 4. The maximum absolute atomic E-state index is 9.47. The Labute approximate surface area is 160 Å². The minimum absolute atomic E-state index is 0.0545. The molecule has 0 spiro atoms. The Balaban J connectivity index is 1.74. The van der Waals surface area contributed by atoms with Gasteiger partial charge in [0.1, 0.15) is 18.0 Å². The molecular formula is C20H29N5O2. The lowest BCUT2D eigenvalue weighted by Crippen LogP contribution is -2.43. The number of ether oxygens (including phenoxy) is 1. The highest BCUT2D eigenvalue weighted by molar-refractivity contribution is 5.49. The lowest BCUT2D eigenvalue weighted by Gasteiger charge is -2.35. The van der Waals surface area contributed by atoms with Crippen molar-refractivity contribution >= 4 is 11.6 Å². The molecule has 0 saturated carbocycles. The van der Waals surface area contributed by atoms with Gasteiger partial charge in [-0.1, -0.05) is 19.9 Å². The van der Waals surface area contributed by atoms with Crippen molar-refractivity contribution in [3.8, 4) is 0 Å². The largest absolute Gasteiger partial charge is 0.395 e. The highest BCUT2D eigenvalue weighted by atomic mass is 16.5. The third-order valence-electron chi connectivity index (χ3n) is 4.80. The van der Waals surface area contributed by atoms with Crippen molar-refractivity contribution in [1.29, 1.82) is 0 Å². The third-order valence-corrected chi connectivity index (χ3v) is 4.80. The van der Waals surface area contributed by atoms with Crippen molar-refractivity contribution < 1.29 is 9.84 Å². The highest BCUT2D eigenvalue weighted by Gasteiger charge is 2.28. The zero-order valence-electron chi connectivity index (χ0n) is 16.1. The smallest absolute Gasteiger partial charge is 0.134 e. The van der Waals surface area contributed by atoms with Crippen LogP contribution in [0.15, 0.2) is 36.9 Å². The summed E-state index contributed by atoms with van der Waals surface area (Å²) in [7, 11) is 0. The summed E-state index contributed by atoms with van der Waals surface area (Å²) in [4.78, 5) is 15.0. The van der Waals surface area contributed by atoms with E-state index < -0.39 is 0 Å². The third kappa shape index (κ3) is 5.37. The van der Waals surface area contributed by atoms with Crippen LogP contribution in [0.2, 0.25) is 0 Å². The van der Waals surface area contributed by atoms with E-state index in [0.29, 0.717) is 19.0 Å². The molecule has 3 rings (SSSR count). The zero-order valence-corrected chi connectivity index (χ0v) is 16.1. The number of nitrogens with one attached hydrogen (secondary N) is 1. The molecule has 0 amide bonds. The van der Waals surface area contributed by atoms with Gasteiger partial charge in [-0.05, 0) is 30.4 Å². The molecule has 0 aliphatic carbocycles. The first-order chi connectivity index (χ1) is 13.2. The van der Waals surface area contributed by atoms with Crippen molar-refractivity contribution in [2.45, 2.75) is 45.4 Å². The fourth-order valence-corrected chi connectivity index (χ4v) is 3.51. The van der Waals surface area contributed by atoms with Gasteiger partial charge in [-0.2, -0.15) is 0 Å². The summed E-state index contributed by atoms with van der Waals surface area (Å²) in [6.45, 7) is 6.38. The second-order valence-electron chi connectivity index (χ2n) is 7.24. The Morgan fingerprint density at radius 3 is 3.00 bits per heavy atom. The summed E-state index contributed by atoms with van der Waals surface area (Å²) >= 11 is 0. The molecule has 3 heterocycles. The first kappa shape index (κ1) is 19.5. The van der Waals surface area contributed by atoms with Crippen LogP contribution in [0.5, 0.6) is 0 Å². The average molecular weight is 371 g/mol. The monoisotopic (exact) mass is 371 g/mol. The molecular weight excluding hydrogens is 342 g/mol. The van der Waals surface area contributed by atoms with Crippen LogP contribution in [0, 0.1) is 5.92 Å². The molecule has 27 heavy (non-hydrogen) atoms. The molecule has 2 atom stereocenters. The van der Waals surface area contributed by atoms with Crippen LogP contribution in [0.4, 0.5) is 11.6 Å². The van der Waals surface area contributed by atoms with Crippen molar-refractivity contribution in [2.75, 3.05) is 30.0 Å².